The first-order valence-electron chi connectivity index (χ1n) is 6.99. The van der Waals surface area contributed by atoms with E-state index in [1.807, 2.05) is 12.1 Å². The van der Waals surface area contributed by atoms with Gasteiger partial charge in [0.25, 0.3) is 0 Å². The molecule has 0 spiro atoms. The summed E-state index contributed by atoms with van der Waals surface area (Å²) in [6, 6.07) is 7.26. The highest BCUT2D eigenvalue weighted by Crippen LogP contribution is 2.40. The first-order valence-corrected chi connectivity index (χ1v) is 6.99. The van der Waals surface area contributed by atoms with Gasteiger partial charge in [0, 0.05) is 11.6 Å². The zero-order valence-electron chi connectivity index (χ0n) is 11.2. The summed E-state index contributed by atoms with van der Waals surface area (Å²) in [5, 5.41) is 3.48. The second-order valence-electron chi connectivity index (χ2n) is 5.04. The first kappa shape index (κ1) is 14.3. The highest BCUT2D eigenvalue weighted by molar-refractivity contribution is 5.36. The topological polar surface area (TPSA) is 21.3 Å². The monoisotopic (exact) mass is 269 g/mol. The molecule has 0 aliphatic heterocycles. The number of nitrogens with one attached hydrogen (secondary N) is 1. The van der Waals surface area contributed by atoms with Crippen molar-refractivity contribution >= 4 is 0 Å². The number of ether oxygens (including phenoxy) is 1. The molecule has 0 amide bonds. The summed E-state index contributed by atoms with van der Waals surface area (Å²) in [5.41, 5.74) is 0.862. The molecule has 1 aliphatic carbocycles. The molecule has 1 saturated carbocycles. The number of hydrogen-bond acceptors (Lipinski definition) is 2. The van der Waals surface area contributed by atoms with Crippen LogP contribution < -0.4 is 10.1 Å². The Hall–Kier alpha value is -1.16. The maximum absolute atomic E-state index is 12.5. The molecule has 4 heteroatoms. The van der Waals surface area contributed by atoms with Crippen molar-refractivity contribution in [1.29, 1.82) is 0 Å². The second kappa shape index (κ2) is 6.85. The van der Waals surface area contributed by atoms with Gasteiger partial charge in [-0.3, -0.25) is 0 Å². The average Bonchev–Trinajstić information content (AvgIpc) is 2.32. The lowest BCUT2D eigenvalue weighted by atomic mass is 9.77. The van der Waals surface area contributed by atoms with Gasteiger partial charge in [-0.2, -0.15) is 8.78 Å². The Morgan fingerprint density at radius 2 is 2.05 bits per heavy atom. The van der Waals surface area contributed by atoms with E-state index in [0.717, 1.165) is 31.4 Å². The molecule has 2 rings (SSSR count). The summed E-state index contributed by atoms with van der Waals surface area (Å²) >= 11 is 0. The molecule has 2 nitrogen and oxygen atoms in total. The van der Waals surface area contributed by atoms with Crippen LogP contribution in [-0.4, -0.2) is 13.2 Å². The molecule has 106 valence electrons. The van der Waals surface area contributed by atoms with Crippen molar-refractivity contribution in [3.63, 3.8) is 0 Å². The number of rotatable bonds is 7. The number of alkyl halides is 2. The molecular weight excluding hydrogens is 248 g/mol. The maximum atomic E-state index is 12.5. The molecule has 1 fully saturated rings. The zero-order chi connectivity index (χ0) is 13.7. The number of halogens is 2. The van der Waals surface area contributed by atoms with E-state index in [1.165, 1.54) is 6.42 Å². The Morgan fingerprint density at radius 3 is 2.63 bits per heavy atom. The van der Waals surface area contributed by atoms with Crippen molar-refractivity contribution in [2.24, 2.45) is 5.92 Å². The standard InChI is InChI=1S/C15H21F2NO/c1-2-10-18-14(11-6-5-7-11)12-8-3-4-9-13(12)19-15(16)17/h3-4,8-9,11,14-15,18H,2,5-7,10H2,1H3. The number of hydrogen-bond donors (Lipinski definition) is 1. The molecule has 0 saturated heterocycles. The van der Waals surface area contributed by atoms with Gasteiger partial charge in [0.2, 0.25) is 0 Å². The summed E-state index contributed by atoms with van der Waals surface area (Å²) in [4.78, 5) is 0. The van der Waals surface area contributed by atoms with E-state index in [9.17, 15) is 8.78 Å². The van der Waals surface area contributed by atoms with E-state index < -0.39 is 6.61 Å². The van der Waals surface area contributed by atoms with Gasteiger partial charge in [0.1, 0.15) is 5.75 Å². The van der Waals surface area contributed by atoms with Gasteiger partial charge in [-0.1, -0.05) is 31.5 Å². The van der Waals surface area contributed by atoms with Crippen LogP contribution in [0.15, 0.2) is 24.3 Å². The van der Waals surface area contributed by atoms with Gasteiger partial charge in [0.15, 0.2) is 0 Å². The maximum Gasteiger partial charge on any atom is 0.387 e. The van der Waals surface area contributed by atoms with Crippen molar-refractivity contribution in [3.8, 4) is 5.75 Å². The Bertz CT molecular complexity index is 393. The Morgan fingerprint density at radius 1 is 1.32 bits per heavy atom. The summed E-state index contributed by atoms with van der Waals surface area (Å²) in [5.74, 6) is 0.840. The molecule has 0 bridgehead atoms. The Kier molecular flexibility index (Phi) is 5.14. The predicted molar refractivity (Wildman–Crippen MR) is 71.4 cm³/mol. The number of para-hydroxylation sites is 1. The molecule has 1 unspecified atom stereocenters. The van der Waals surface area contributed by atoms with Crippen LogP contribution in [0.25, 0.3) is 0 Å². The van der Waals surface area contributed by atoms with Crippen molar-refractivity contribution in [1.82, 2.24) is 5.32 Å². The molecule has 1 atom stereocenters. The van der Waals surface area contributed by atoms with Crippen LogP contribution in [0.1, 0.15) is 44.2 Å². The fraction of sp³-hybridized carbons (Fsp3) is 0.600. The third-order valence-corrected chi connectivity index (χ3v) is 3.71. The van der Waals surface area contributed by atoms with Crippen molar-refractivity contribution < 1.29 is 13.5 Å². The fourth-order valence-electron chi connectivity index (χ4n) is 2.54. The first-order chi connectivity index (χ1) is 9.22. The molecule has 0 heterocycles. The Labute approximate surface area is 113 Å². The smallest absolute Gasteiger partial charge is 0.387 e. The van der Waals surface area contributed by atoms with Crippen LogP contribution >= 0.6 is 0 Å². The zero-order valence-corrected chi connectivity index (χ0v) is 11.2. The van der Waals surface area contributed by atoms with Crippen molar-refractivity contribution in [2.75, 3.05) is 6.54 Å². The average molecular weight is 269 g/mol. The molecule has 1 N–H and O–H groups in total. The summed E-state index contributed by atoms with van der Waals surface area (Å²) < 4.78 is 29.6. The van der Waals surface area contributed by atoms with Crippen LogP contribution in [0, 0.1) is 5.92 Å². The number of benzene rings is 1. The predicted octanol–water partition coefficient (Wildman–Crippen LogP) is 4.13. The van der Waals surface area contributed by atoms with Crippen LogP contribution in [0.3, 0.4) is 0 Å². The summed E-state index contributed by atoms with van der Waals surface area (Å²) in [6.45, 7) is 0.227. The van der Waals surface area contributed by atoms with Gasteiger partial charge in [0.05, 0.1) is 0 Å². The van der Waals surface area contributed by atoms with E-state index in [-0.39, 0.29) is 6.04 Å². The minimum Gasteiger partial charge on any atom is -0.434 e. The highest BCUT2D eigenvalue weighted by atomic mass is 19.3. The molecule has 1 aromatic rings. The summed E-state index contributed by atoms with van der Waals surface area (Å²) in [7, 11) is 0. The van der Waals surface area contributed by atoms with E-state index in [2.05, 4.69) is 17.0 Å². The fourth-order valence-corrected chi connectivity index (χ4v) is 2.54. The van der Waals surface area contributed by atoms with Crippen LogP contribution in [0.2, 0.25) is 0 Å². The van der Waals surface area contributed by atoms with Gasteiger partial charge in [-0.05, 0) is 37.8 Å². The lowest BCUT2D eigenvalue weighted by Gasteiger charge is -2.35. The van der Waals surface area contributed by atoms with E-state index in [1.54, 1.807) is 12.1 Å². The highest BCUT2D eigenvalue weighted by Gasteiger charge is 2.30. The minimum absolute atomic E-state index is 0.128. The normalized spacial score (nSPS) is 17.3. The van der Waals surface area contributed by atoms with Crippen LogP contribution in [0.4, 0.5) is 8.78 Å². The molecule has 0 radical (unpaired) electrons. The lowest BCUT2D eigenvalue weighted by Crippen LogP contribution is -2.33. The molecule has 19 heavy (non-hydrogen) atoms. The molecular formula is C15H21F2NO. The molecule has 0 aromatic heterocycles. The van der Waals surface area contributed by atoms with Crippen molar-refractivity contribution in [2.45, 2.75) is 45.3 Å². The van der Waals surface area contributed by atoms with Gasteiger partial charge < -0.3 is 10.1 Å². The third-order valence-electron chi connectivity index (χ3n) is 3.71. The molecule has 1 aliphatic rings. The van der Waals surface area contributed by atoms with Gasteiger partial charge in [-0.15, -0.1) is 0 Å². The summed E-state index contributed by atoms with van der Waals surface area (Å²) in [6.07, 6.45) is 4.57. The quantitative estimate of drug-likeness (QED) is 0.803. The molecule has 1 aromatic carbocycles. The van der Waals surface area contributed by atoms with E-state index in [0.29, 0.717) is 11.7 Å². The third kappa shape index (κ3) is 3.66. The van der Waals surface area contributed by atoms with Crippen molar-refractivity contribution in [3.05, 3.63) is 29.8 Å². The van der Waals surface area contributed by atoms with Crippen LogP contribution in [-0.2, 0) is 0 Å². The van der Waals surface area contributed by atoms with Crippen LogP contribution in [0.5, 0.6) is 5.75 Å². The largest absolute Gasteiger partial charge is 0.434 e. The minimum atomic E-state index is -2.77. The lowest BCUT2D eigenvalue weighted by molar-refractivity contribution is -0.0510. The Balaban J connectivity index is 2.19. The second-order valence-corrected chi connectivity index (χ2v) is 5.04. The SMILES string of the molecule is CCCNC(c1ccccc1OC(F)F)C1CCC1. The van der Waals surface area contributed by atoms with Gasteiger partial charge >= 0.3 is 6.61 Å². The van der Waals surface area contributed by atoms with E-state index in [4.69, 9.17) is 0 Å². The van der Waals surface area contributed by atoms with E-state index >= 15 is 0 Å². The van der Waals surface area contributed by atoms with Gasteiger partial charge in [-0.25, -0.2) is 0 Å².